The number of anilines is 2. The molecule has 2 aromatic carbocycles. The number of hydrogen-bond donors (Lipinski definition) is 4. The minimum absolute atomic E-state index is 0.123. The van der Waals surface area contributed by atoms with Crippen LogP contribution in [0.5, 0.6) is 0 Å². The van der Waals surface area contributed by atoms with E-state index in [1.54, 1.807) is 53.7 Å². The highest BCUT2D eigenvalue weighted by molar-refractivity contribution is 6.04. The molecule has 0 aliphatic rings. The minimum atomic E-state index is -1.23. The van der Waals surface area contributed by atoms with Gasteiger partial charge >= 0.3 is 11.9 Å². The van der Waals surface area contributed by atoms with Crippen LogP contribution >= 0.6 is 0 Å². The van der Waals surface area contributed by atoms with Crippen LogP contribution in [0.3, 0.4) is 0 Å². The van der Waals surface area contributed by atoms with Crippen molar-refractivity contribution in [2.75, 3.05) is 10.6 Å². The Hall–Kier alpha value is -3.68. The Morgan fingerprint density at radius 3 is 1.19 bits per heavy atom. The summed E-state index contributed by atoms with van der Waals surface area (Å²) in [6.07, 6.45) is 0. The van der Waals surface area contributed by atoms with Crippen molar-refractivity contribution in [3.8, 4) is 11.1 Å². The number of hydrogen-bond acceptors (Lipinski definition) is 4. The highest BCUT2D eigenvalue weighted by atomic mass is 16.4. The number of aromatic carboxylic acids is 2. The summed E-state index contributed by atoms with van der Waals surface area (Å²) in [4.78, 5) is 48.1. The molecule has 0 aliphatic carbocycles. The van der Waals surface area contributed by atoms with Crippen molar-refractivity contribution in [3.05, 3.63) is 47.5 Å². The lowest BCUT2D eigenvalue weighted by atomic mass is 9.94. The fourth-order valence-corrected chi connectivity index (χ4v) is 2.64. The molecule has 2 aromatic rings. The Bertz CT molecular complexity index is 1000. The molecule has 8 nitrogen and oxygen atoms in total. The largest absolute Gasteiger partial charge is 0.478 e. The van der Waals surface area contributed by atoms with Crippen molar-refractivity contribution in [2.45, 2.75) is 41.5 Å². The van der Waals surface area contributed by atoms with E-state index in [1.165, 1.54) is 24.3 Å². The maximum atomic E-state index is 12.3. The van der Waals surface area contributed by atoms with E-state index in [1.807, 2.05) is 0 Å². The summed E-state index contributed by atoms with van der Waals surface area (Å²) in [7, 11) is 0. The van der Waals surface area contributed by atoms with E-state index in [2.05, 4.69) is 10.6 Å². The maximum absolute atomic E-state index is 12.3. The zero-order valence-corrected chi connectivity index (χ0v) is 19.0. The number of benzene rings is 2. The first kappa shape index (κ1) is 24.6. The number of rotatable bonds is 5. The van der Waals surface area contributed by atoms with Crippen LogP contribution in [0.25, 0.3) is 11.1 Å². The van der Waals surface area contributed by atoms with E-state index < -0.39 is 22.8 Å². The highest BCUT2D eigenvalue weighted by Gasteiger charge is 2.25. The normalized spacial score (nSPS) is 11.6. The van der Waals surface area contributed by atoms with Crippen molar-refractivity contribution in [1.29, 1.82) is 0 Å². The molecule has 0 bridgehead atoms. The van der Waals surface area contributed by atoms with Crippen molar-refractivity contribution < 1.29 is 29.4 Å². The fraction of sp³-hybridized carbons (Fsp3) is 0.333. The predicted molar refractivity (Wildman–Crippen MR) is 122 cm³/mol. The molecule has 8 heteroatoms. The van der Waals surface area contributed by atoms with Gasteiger partial charge in [-0.1, -0.05) is 53.7 Å². The molecule has 0 fully saturated rings. The van der Waals surface area contributed by atoms with Crippen LogP contribution < -0.4 is 10.6 Å². The number of nitrogens with one attached hydrogen (secondary N) is 2. The fourth-order valence-electron chi connectivity index (χ4n) is 2.64. The molecular weight excluding hydrogens is 412 g/mol. The molecule has 4 N–H and O–H groups in total. The van der Waals surface area contributed by atoms with Crippen LogP contribution in [-0.2, 0) is 9.59 Å². The molecule has 0 radical (unpaired) electrons. The first-order chi connectivity index (χ1) is 14.6. The summed E-state index contributed by atoms with van der Waals surface area (Å²) < 4.78 is 0. The summed E-state index contributed by atoms with van der Waals surface area (Å²) >= 11 is 0. The third-order valence-corrected chi connectivity index (χ3v) is 4.69. The van der Waals surface area contributed by atoms with Crippen molar-refractivity contribution in [2.24, 2.45) is 10.8 Å². The van der Waals surface area contributed by atoms with Gasteiger partial charge in [0.15, 0.2) is 0 Å². The maximum Gasteiger partial charge on any atom is 0.337 e. The van der Waals surface area contributed by atoms with Gasteiger partial charge in [-0.2, -0.15) is 0 Å². The number of carboxylic acid groups (broad SMARTS) is 2. The van der Waals surface area contributed by atoms with Gasteiger partial charge in [-0.3, -0.25) is 9.59 Å². The van der Waals surface area contributed by atoms with Gasteiger partial charge in [-0.15, -0.1) is 0 Å². The van der Waals surface area contributed by atoms with E-state index >= 15 is 0 Å². The number of amides is 2. The molecule has 0 saturated carbocycles. The highest BCUT2D eigenvalue weighted by Crippen LogP contribution is 2.30. The predicted octanol–water partition coefficient (Wildman–Crippen LogP) is 4.72. The summed E-state index contributed by atoms with van der Waals surface area (Å²) in [6.45, 7) is 10.3. The third-order valence-electron chi connectivity index (χ3n) is 4.69. The zero-order valence-electron chi connectivity index (χ0n) is 19.0. The number of carbonyl (C=O) groups excluding carboxylic acids is 2. The first-order valence-corrected chi connectivity index (χ1v) is 9.99. The molecular formula is C24H28N2O6. The topological polar surface area (TPSA) is 133 Å². The summed E-state index contributed by atoms with van der Waals surface area (Å²) in [6, 6.07) is 8.87. The van der Waals surface area contributed by atoms with E-state index in [-0.39, 0.29) is 34.3 Å². The molecule has 170 valence electrons. The Morgan fingerprint density at radius 1 is 0.625 bits per heavy atom. The monoisotopic (exact) mass is 440 g/mol. The smallest absolute Gasteiger partial charge is 0.337 e. The molecule has 0 saturated heterocycles. The average Bonchev–Trinajstić information content (AvgIpc) is 2.66. The second kappa shape index (κ2) is 8.82. The molecule has 32 heavy (non-hydrogen) atoms. The van der Waals surface area contributed by atoms with Gasteiger partial charge in [0.05, 0.1) is 22.5 Å². The quantitative estimate of drug-likeness (QED) is 0.532. The molecule has 0 aliphatic heterocycles. The lowest BCUT2D eigenvalue weighted by molar-refractivity contribution is -0.123. The Labute approximate surface area is 186 Å². The Kier molecular flexibility index (Phi) is 6.78. The molecule has 0 spiro atoms. The minimum Gasteiger partial charge on any atom is -0.478 e. The van der Waals surface area contributed by atoms with Crippen molar-refractivity contribution in [3.63, 3.8) is 0 Å². The molecule has 0 heterocycles. The van der Waals surface area contributed by atoms with Gasteiger partial charge in [-0.05, 0) is 35.4 Å². The van der Waals surface area contributed by atoms with Gasteiger partial charge in [0, 0.05) is 10.8 Å². The molecule has 0 unspecified atom stereocenters. The van der Waals surface area contributed by atoms with Crippen LogP contribution in [0.2, 0.25) is 0 Å². The zero-order chi connectivity index (χ0) is 24.4. The molecule has 0 atom stereocenters. The van der Waals surface area contributed by atoms with Gasteiger partial charge in [-0.25, -0.2) is 9.59 Å². The SMILES string of the molecule is CC(C)(C)C(=O)Nc1ccc(-c2ccc(NC(=O)C(C)(C)C)c(C(=O)O)c2)cc1C(=O)O. The van der Waals surface area contributed by atoms with E-state index in [4.69, 9.17) is 0 Å². The summed E-state index contributed by atoms with van der Waals surface area (Å²) in [5.74, 6) is -3.13. The average molecular weight is 440 g/mol. The van der Waals surface area contributed by atoms with Gasteiger partial charge in [0.25, 0.3) is 0 Å². The molecule has 0 aromatic heterocycles. The molecule has 2 rings (SSSR count). The lowest BCUT2D eigenvalue weighted by Crippen LogP contribution is -2.28. The standard InChI is InChI=1S/C24H28N2O6/c1-23(2,3)21(31)25-17-9-7-13(11-15(17)19(27)28)14-8-10-18(16(12-14)20(29)30)26-22(32)24(4,5)6/h7-12H,1-6H3,(H,25,31)(H,26,32)(H,27,28)(H,29,30). The second-order valence-corrected chi connectivity index (χ2v) is 9.54. The first-order valence-electron chi connectivity index (χ1n) is 9.99. The summed E-state index contributed by atoms with van der Waals surface area (Å²) in [5, 5.41) is 24.5. The van der Waals surface area contributed by atoms with Crippen molar-refractivity contribution in [1.82, 2.24) is 0 Å². The van der Waals surface area contributed by atoms with Crippen LogP contribution in [0.4, 0.5) is 11.4 Å². The van der Waals surface area contributed by atoms with E-state index in [0.717, 1.165) is 0 Å². The number of carboxylic acids is 2. The van der Waals surface area contributed by atoms with Crippen LogP contribution in [-0.4, -0.2) is 34.0 Å². The van der Waals surface area contributed by atoms with Crippen LogP contribution in [0.15, 0.2) is 36.4 Å². The van der Waals surface area contributed by atoms with E-state index in [0.29, 0.717) is 11.1 Å². The molecule has 2 amide bonds. The van der Waals surface area contributed by atoms with Crippen LogP contribution in [0, 0.1) is 10.8 Å². The number of carbonyl (C=O) groups is 4. The third kappa shape index (κ3) is 5.72. The Morgan fingerprint density at radius 2 is 0.938 bits per heavy atom. The van der Waals surface area contributed by atoms with E-state index in [9.17, 15) is 29.4 Å². The van der Waals surface area contributed by atoms with Crippen molar-refractivity contribution >= 4 is 35.1 Å². The van der Waals surface area contributed by atoms with Gasteiger partial charge in [0.2, 0.25) is 11.8 Å². The Balaban J connectivity index is 2.49. The summed E-state index contributed by atoms with van der Waals surface area (Å²) in [5.41, 5.74) is -0.470. The van der Waals surface area contributed by atoms with Gasteiger partial charge in [0.1, 0.15) is 0 Å². The second-order valence-electron chi connectivity index (χ2n) is 9.54. The van der Waals surface area contributed by atoms with Crippen LogP contribution in [0.1, 0.15) is 62.3 Å². The lowest BCUT2D eigenvalue weighted by Gasteiger charge is -2.20. The van der Waals surface area contributed by atoms with Gasteiger partial charge < -0.3 is 20.8 Å².